The molecule has 0 saturated carbocycles. The highest BCUT2D eigenvalue weighted by atomic mass is 127. The molecule has 0 fully saturated rings. The highest BCUT2D eigenvalue weighted by Gasteiger charge is 2.07. The fourth-order valence-corrected chi connectivity index (χ4v) is 4.51. The topological polar surface area (TPSA) is 46.5 Å². The van der Waals surface area contributed by atoms with E-state index in [0.717, 1.165) is 35.9 Å². The van der Waals surface area contributed by atoms with Crippen LogP contribution in [0, 0.1) is 3.57 Å². The van der Waals surface area contributed by atoms with Gasteiger partial charge in [-0.15, -0.1) is 11.8 Å². The summed E-state index contributed by atoms with van der Waals surface area (Å²) in [6.07, 6.45) is 2.21. The summed E-state index contributed by atoms with van der Waals surface area (Å²) in [5.74, 6) is 0.386. The number of aliphatic carboxylic acids is 1. The molecule has 6 heteroatoms. The third-order valence-corrected chi connectivity index (χ3v) is 6.05. The molecule has 3 rings (SSSR count). The van der Waals surface area contributed by atoms with Crippen molar-refractivity contribution in [3.8, 4) is 5.75 Å². The molecule has 148 valence electrons. The second-order valence-electron chi connectivity index (χ2n) is 6.08. The number of carbonyl (C=O) groups is 1. The molecule has 0 aliphatic heterocycles. The van der Waals surface area contributed by atoms with E-state index in [-0.39, 0.29) is 6.61 Å². The average Bonchev–Trinajstić information content (AvgIpc) is 2.72. The molecule has 0 aliphatic carbocycles. The van der Waals surface area contributed by atoms with Gasteiger partial charge in [0.2, 0.25) is 0 Å². The minimum Gasteiger partial charge on any atom is -0.481 e. The van der Waals surface area contributed by atoms with Gasteiger partial charge in [-0.2, -0.15) is 0 Å². The standard InChI is InChI=1S/C23H18ClIO3S/c24-18-8-6-17(7-9-18)20(16-4-2-1-3-5-16)12-13-29-19-10-11-22(21(25)14-19)28-15-23(26)27/h1-12,14H,13,15H2,(H,26,27)/b20-12-. The molecule has 1 N–H and O–H groups in total. The second kappa shape index (κ2) is 10.7. The SMILES string of the molecule is O=C(O)COc1ccc(SC/C=C(/c2ccccc2)c2ccc(Cl)cc2)cc1I. The van der Waals surface area contributed by atoms with Crippen LogP contribution in [0.1, 0.15) is 11.1 Å². The smallest absolute Gasteiger partial charge is 0.341 e. The van der Waals surface area contributed by atoms with Gasteiger partial charge in [0, 0.05) is 15.7 Å². The van der Waals surface area contributed by atoms with Crippen molar-refractivity contribution in [2.75, 3.05) is 12.4 Å². The number of carboxylic acid groups (broad SMARTS) is 1. The first-order chi connectivity index (χ1) is 14.0. The second-order valence-corrected chi connectivity index (χ2v) is 8.77. The van der Waals surface area contributed by atoms with Gasteiger partial charge in [0.1, 0.15) is 5.75 Å². The van der Waals surface area contributed by atoms with Crippen molar-refractivity contribution < 1.29 is 14.6 Å². The predicted octanol–water partition coefficient (Wildman–Crippen LogP) is 6.63. The lowest BCUT2D eigenvalue weighted by Gasteiger charge is -2.10. The number of rotatable bonds is 8. The fraction of sp³-hybridized carbons (Fsp3) is 0.0870. The van der Waals surface area contributed by atoms with Crippen molar-refractivity contribution in [2.24, 2.45) is 0 Å². The number of benzene rings is 3. The molecule has 0 aliphatic rings. The predicted molar refractivity (Wildman–Crippen MR) is 128 cm³/mol. The van der Waals surface area contributed by atoms with Crippen LogP contribution in [-0.2, 0) is 4.79 Å². The molecular formula is C23H18ClIO3S. The van der Waals surface area contributed by atoms with Gasteiger partial charge in [0.05, 0.1) is 3.57 Å². The summed E-state index contributed by atoms with van der Waals surface area (Å²) in [5.41, 5.74) is 3.43. The molecule has 0 spiro atoms. The fourth-order valence-electron chi connectivity index (χ4n) is 2.70. The number of hydrogen-bond acceptors (Lipinski definition) is 3. The molecule has 0 amide bonds. The maximum absolute atomic E-state index is 10.7. The number of halogens is 2. The Morgan fingerprint density at radius 2 is 1.72 bits per heavy atom. The van der Waals surface area contributed by atoms with Gasteiger partial charge in [-0.25, -0.2) is 4.79 Å². The Labute approximate surface area is 192 Å². The van der Waals surface area contributed by atoms with Gasteiger partial charge in [-0.1, -0.05) is 60.1 Å². The van der Waals surface area contributed by atoms with Gasteiger partial charge in [0.25, 0.3) is 0 Å². The molecule has 29 heavy (non-hydrogen) atoms. The van der Waals surface area contributed by atoms with Crippen LogP contribution in [0.2, 0.25) is 5.02 Å². The van der Waals surface area contributed by atoms with Gasteiger partial charge < -0.3 is 9.84 Å². The average molecular weight is 537 g/mol. The van der Waals surface area contributed by atoms with E-state index < -0.39 is 5.97 Å². The van der Waals surface area contributed by atoms with E-state index >= 15 is 0 Å². The van der Waals surface area contributed by atoms with Crippen molar-refractivity contribution in [1.82, 2.24) is 0 Å². The Morgan fingerprint density at radius 1 is 1.03 bits per heavy atom. The summed E-state index contributed by atoms with van der Waals surface area (Å²) in [6, 6.07) is 23.9. The first-order valence-electron chi connectivity index (χ1n) is 8.81. The van der Waals surface area contributed by atoms with Gasteiger partial charge in [0.15, 0.2) is 6.61 Å². The quantitative estimate of drug-likeness (QED) is 0.259. The third kappa shape index (κ3) is 6.52. The lowest BCUT2D eigenvalue weighted by Crippen LogP contribution is -2.10. The van der Waals surface area contributed by atoms with Crippen molar-refractivity contribution >= 4 is 57.5 Å². The summed E-state index contributed by atoms with van der Waals surface area (Å²) >= 11 is 9.92. The van der Waals surface area contributed by atoms with Crippen molar-refractivity contribution in [3.63, 3.8) is 0 Å². The van der Waals surface area contributed by atoms with Crippen LogP contribution < -0.4 is 4.74 Å². The van der Waals surface area contributed by atoms with Crippen LogP contribution in [0.25, 0.3) is 5.57 Å². The van der Waals surface area contributed by atoms with E-state index in [1.54, 1.807) is 11.8 Å². The molecule has 3 aromatic rings. The first-order valence-corrected chi connectivity index (χ1v) is 11.3. The third-order valence-electron chi connectivity index (χ3n) is 4.03. The summed E-state index contributed by atoms with van der Waals surface area (Å²) in [7, 11) is 0. The number of ether oxygens (including phenoxy) is 1. The van der Waals surface area contributed by atoms with E-state index in [1.807, 2.05) is 60.7 Å². The first kappa shape index (κ1) is 21.7. The van der Waals surface area contributed by atoms with Crippen LogP contribution in [0.15, 0.2) is 83.8 Å². The Morgan fingerprint density at radius 3 is 2.38 bits per heavy atom. The molecular weight excluding hydrogens is 519 g/mol. The zero-order valence-electron chi connectivity index (χ0n) is 15.3. The zero-order valence-corrected chi connectivity index (χ0v) is 19.1. The van der Waals surface area contributed by atoms with E-state index in [2.05, 4.69) is 40.8 Å². The molecule has 0 bridgehead atoms. The molecule has 3 aromatic carbocycles. The van der Waals surface area contributed by atoms with E-state index in [0.29, 0.717) is 5.75 Å². The Hall–Kier alpha value is -1.96. The Balaban J connectivity index is 1.75. The van der Waals surface area contributed by atoms with E-state index in [1.165, 1.54) is 0 Å². The van der Waals surface area contributed by atoms with Crippen LogP contribution in [0.5, 0.6) is 5.75 Å². The summed E-state index contributed by atoms with van der Waals surface area (Å²) < 4.78 is 6.17. The molecule has 0 atom stereocenters. The minimum atomic E-state index is -0.986. The largest absolute Gasteiger partial charge is 0.481 e. The molecule has 0 radical (unpaired) electrons. The van der Waals surface area contributed by atoms with Gasteiger partial charge in [-0.05, 0) is 69.6 Å². The summed E-state index contributed by atoms with van der Waals surface area (Å²) in [4.78, 5) is 11.8. The zero-order chi connectivity index (χ0) is 20.6. The number of thioether (sulfide) groups is 1. The molecule has 0 unspecified atom stereocenters. The Kier molecular flexibility index (Phi) is 8.03. The van der Waals surface area contributed by atoms with E-state index in [9.17, 15) is 4.79 Å². The minimum absolute atomic E-state index is 0.341. The Bertz CT molecular complexity index is 1000. The van der Waals surface area contributed by atoms with Crippen LogP contribution >= 0.6 is 46.0 Å². The van der Waals surface area contributed by atoms with Gasteiger partial charge >= 0.3 is 5.97 Å². The summed E-state index contributed by atoms with van der Waals surface area (Å²) in [6.45, 7) is -0.341. The highest BCUT2D eigenvalue weighted by molar-refractivity contribution is 14.1. The summed E-state index contributed by atoms with van der Waals surface area (Å²) in [5, 5.41) is 9.46. The van der Waals surface area contributed by atoms with Crippen LogP contribution in [0.4, 0.5) is 0 Å². The van der Waals surface area contributed by atoms with Crippen molar-refractivity contribution in [3.05, 3.63) is 98.6 Å². The highest BCUT2D eigenvalue weighted by Crippen LogP contribution is 2.30. The van der Waals surface area contributed by atoms with Gasteiger partial charge in [-0.3, -0.25) is 0 Å². The van der Waals surface area contributed by atoms with Crippen LogP contribution in [0.3, 0.4) is 0 Å². The monoisotopic (exact) mass is 536 g/mol. The van der Waals surface area contributed by atoms with Crippen molar-refractivity contribution in [2.45, 2.75) is 4.90 Å². The molecule has 0 heterocycles. The molecule has 3 nitrogen and oxygen atoms in total. The lowest BCUT2D eigenvalue weighted by atomic mass is 9.98. The number of carboxylic acids is 1. The maximum atomic E-state index is 10.7. The van der Waals surface area contributed by atoms with E-state index in [4.69, 9.17) is 21.4 Å². The number of hydrogen-bond donors (Lipinski definition) is 1. The van der Waals surface area contributed by atoms with Crippen molar-refractivity contribution in [1.29, 1.82) is 0 Å². The maximum Gasteiger partial charge on any atom is 0.341 e. The molecule has 0 saturated heterocycles. The lowest BCUT2D eigenvalue weighted by molar-refractivity contribution is -0.139. The molecule has 0 aromatic heterocycles. The normalized spacial score (nSPS) is 11.3. The van der Waals surface area contributed by atoms with Crippen LogP contribution in [-0.4, -0.2) is 23.4 Å².